The number of rotatable bonds is 3. The topological polar surface area (TPSA) is 109 Å². The van der Waals surface area contributed by atoms with Gasteiger partial charge in [-0.1, -0.05) is 12.1 Å². The van der Waals surface area contributed by atoms with Crippen molar-refractivity contribution in [3.8, 4) is 6.07 Å². The Labute approximate surface area is 186 Å². The lowest BCUT2D eigenvalue weighted by atomic mass is 9.89. The molecule has 0 spiro atoms. The molecule has 168 valence electrons. The summed E-state index contributed by atoms with van der Waals surface area (Å²) in [6, 6.07) is 9.04. The molecule has 1 unspecified atom stereocenters. The smallest absolute Gasteiger partial charge is 0.316 e. The van der Waals surface area contributed by atoms with Gasteiger partial charge in [0.25, 0.3) is 0 Å². The fourth-order valence-corrected chi connectivity index (χ4v) is 4.34. The molecule has 4 rings (SSSR count). The number of ketones is 1. The number of benzene rings is 2. The van der Waals surface area contributed by atoms with E-state index in [0.717, 1.165) is 17.0 Å². The largest absolute Gasteiger partial charge is 0.416 e. The fraction of sp³-hybridized carbons (Fsp3) is 0.217. The van der Waals surface area contributed by atoms with Crippen LogP contribution >= 0.6 is 0 Å². The zero-order chi connectivity index (χ0) is 24.1. The van der Waals surface area contributed by atoms with Gasteiger partial charge in [0.05, 0.1) is 34.5 Å². The van der Waals surface area contributed by atoms with Gasteiger partial charge in [0.2, 0.25) is 0 Å². The van der Waals surface area contributed by atoms with Crippen LogP contribution in [0.3, 0.4) is 0 Å². The van der Waals surface area contributed by atoms with E-state index in [2.05, 4.69) is 5.73 Å². The number of quaternary nitrogens is 1. The minimum absolute atomic E-state index is 0.00406. The van der Waals surface area contributed by atoms with Gasteiger partial charge in [0.1, 0.15) is 0 Å². The molecule has 0 saturated heterocycles. The molecule has 1 aliphatic heterocycles. The van der Waals surface area contributed by atoms with E-state index in [4.69, 9.17) is 0 Å². The Morgan fingerprint density at radius 3 is 2.52 bits per heavy atom. The number of amides is 3. The number of hydrogen-bond donors (Lipinski definition) is 1. The number of hydrogen-bond acceptors (Lipinski definition) is 4. The van der Waals surface area contributed by atoms with Crippen molar-refractivity contribution in [1.82, 2.24) is 4.90 Å². The number of anilines is 1. The van der Waals surface area contributed by atoms with Crippen molar-refractivity contribution in [3.05, 3.63) is 76.0 Å². The van der Waals surface area contributed by atoms with E-state index in [9.17, 15) is 32.8 Å². The summed E-state index contributed by atoms with van der Waals surface area (Å²) in [7, 11) is 1.42. The maximum absolute atomic E-state index is 13.4. The summed E-state index contributed by atoms with van der Waals surface area (Å²) in [6.07, 6.45) is -4.34. The molecule has 1 atom stereocenters. The second-order valence-electron chi connectivity index (χ2n) is 7.80. The number of carbonyl (C=O) groups excluding carboxylic acids is 3. The van der Waals surface area contributed by atoms with Crippen LogP contribution in [0.25, 0.3) is 0 Å². The van der Waals surface area contributed by atoms with Crippen molar-refractivity contribution in [1.29, 1.82) is 5.26 Å². The summed E-state index contributed by atoms with van der Waals surface area (Å²) in [5.74, 6) is -0.853. The molecular formula is C23H18F3N4O3+. The highest BCUT2D eigenvalue weighted by atomic mass is 19.4. The molecule has 1 heterocycles. The predicted molar refractivity (Wildman–Crippen MR) is 109 cm³/mol. The van der Waals surface area contributed by atoms with Crippen molar-refractivity contribution < 1.29 is 33.3 Å². The van der Waals surface area contributed by atoms with Crippen LogP contribution < -0.4 is 10.6 Å². The molecule has 2 aliphatic rings. The molecular weight excluding hydrogens is 437 g/mol. The highest BCUT2D eigenvalue weighted by molar-refractivity contribution is 6.08. The molecule has 0 bridgehead atoms. The summed E-state index contributed by atoms with van der Waals surface area (Å²) in [6.45, 7) is 0. The molecule has 2 aromatic carbocycles. The quantitative estimate of drug-likeness (QED) is 0.767. The minimum Gasteiger partial charge on any atom is -0.316 e. The summed E-state index contributed by atoms with van der Waals surface area (Å²) in [5, 5.41) is 9.18. The maximum atomic E-state index is 13.4. The Hall–Kier alpha value is -3.97. The van der Waals surface area contributed by atoms with Crippen LogP contribution in [0.1, 0.15) is 45.9 Å². The van der Waals surface area contributed by atoms with Gasteiger partial charge in [-0.2, -0.15) is 18.4 Å². The number of nitriles is 1. The second-order valence-corrected chi connectivity index (χ2v) is 7.80. The van der Waals surface area contributed by atoms with Gasteiger partial charge < -0.3 is 4.90 Å². The average Bonchev–Trinajstić information content (AvgIpc) is 3.14. The first kappa shape index (κ1) is 22.2. The minimum atomic E-state index is -4.60. The highest BCUT2D eigenvalue weighted by Gasteiger charge is 2.46. The summed E-state index contributed by atoms with van der Waals surface area (Å²) >= 11 is 0. The van der Waals surface area contributed by atoms with E-state index in [0.29, 0.717) is 11.3 Å². The van der Waals surface area contributed by atoms with Gasteiger partial charge in [-0.25, -0.2) is 9.59 Å². The molecule has 0 radical (unpaired) electrons. The van der Waals surface area contributed by atoms with Gasteiger partial charge in [0.15, 0.2) is 5.78 Å². The lowest BCUT2D eigenvalue weighted by Crippen LogP contribution is -2.57. The number of allylic oxidation sites excluding steroid dienone is 1. The molecule has 10 heteroatoms. The molecule has 0 saturated carbocycles. The Morgan fingerprint density at radius 1 is 1.15 bits per heavy atom. The lowest BCUT2D eigenvalue weighted by Gasteiger charge is -2.40. The molecule has 3 amide bonds. The SMILES string of the molecule is CN1C(=O)N(c2cccc(C(F)(F)F)c2)C2=C(C(=O)CC2)C1c1ccc(C#N)cc1C([NH3+])=O. The van der Waals surface area contributed by atoms with E-state index in [1.807, 2.05) is 6.07 Å². The van der Waals surface area contributed by atoms with Crippen molar-refractivity contribution >= 4 is 23.4 Å². The van der Waals surface area contributed by atoms with E-state index in [-0.39, 0.29) is 41.0 Å². The number of Topliss-reactive ketones (excluding diaryl/α,β-unsaturated/α-hetero) is 1. The van der Waals surface area contributed by atoms with Crippen LogP contribution in [-0.4, -0.2) is 29.7 Å². The number of urea groups is 1. The Morgan fingerprint density at radius 2 is 1.88 bits per heavy atom. The van der Waals surface area contributed by atoms with Crippen molar-refractivity contribution in [2.75, 3.05) is 11.9 Å². The molecule has 1 aliphatic carbocycles. The number of carbonyl (C=O) groups is 3. The average molecular weight is 455 g/mol. The monoisotopic (exact) mass is 455 g/mol. The van der Waals surface area contributed by atoms with Crippen molar-refractivity contribution in [2.24, 2.45) is 0 Å². The summed E-state index contributed by atoms with van der Waals surface area (Å²) < 4.78 is 39.8. The Bertz CT molecular complexity index is 1280. The third-order valence-corrected chi connectivity index (χ3v) is 5.83. The first-order chi connectivity index (χ1) is 15.5. The predicted octanol–water partition coefficient (Wildman–Crippen LogP) is 3.19. The lowest BCUT2D eigenvalue weighted by molar-refractivity contribution is -0.255. The number of nitrogens with zero attached hydrogens (tertiary/aromatic N) is 3. The fourth-order valence-electron chi connectivity index (χ4n) is 4.34. The number of halogens is 3. The Balaban J connectivity index is 1.92. The van der Waals surface area contributed by atoms with Gasteiger partial charge in [-0.05, 0) is 42.3 Å². The summed E-state index contributed by atoms with van der Waals surface area (Å²) in [4.78, 5) is 40.9. The molecule has 0 aromatic heterocycles. The van der Waals surface area contributed by atoms with Crippen LogP contribution in [0.5, 0.6) is 0 Å². The van der Waals surface area contributed by atoms with Crippen LogP contribution in [0.2, 0.25) is 0 Å². The van der Waals surface area contributed by atoms with E-state index in [1.165, 1.54) is 42.3 Å². The third kappa shape index (κ3) is 3.66. The van der Waals surface area contributed by atoms with E-state index < -0.39 is 29.7 Å². The van der Waals surface area contributed by atoms with Crippen LogP contribution in [-0.2, 0) is 11.0 Å². The van der Waals surface area contributed by atoms with Crippen LogP contribution in [0.15, 0.2) is 53.7 Å². The second kappa shape index (κ2) is 7.86. The number of alkyl halides is 3. The molecule has 7 nitrogen and oxygen atoms in total. The number of likely N-dealkylation sites (N-methyl/N-ethyl adjacent to an activating group) is 1. The standard InChI is InChI=1S/C23H17F3N4O3/c1-29-20(15-6-5-12(11-27)9-16(15)21(28)32)19-17(7-8-18(19)31)30(22(29)33)14-4-2-3-13(10-14)23(24,25)26/h2-6,9-10,20H,7-8H2,1H3,(H2,28,32)/p+1. The normalized spacial score (nSPS) is 18.5. The van der Waals surface area contributed by atoms with Crippen LogP contribution in [0, 0.1) is 11.3 Å². The van der Waals surface area contributed by atoms with Gasteiger partial charge in [-0.3, -0.25) is 15.4 Å². The Kier molecular flexibility index (Phi) is 5.30. The van der Waals surface area contributed by atoms with Crippen molar-refractivity contribution in [3.63, 3.8) is 0 Å². The first-order valence-electron chi connectivity index (χ1n) is 9.95. The van der Waals surface area contributed by atoms with E-state index in [1.54, 1.807) is 0 Å². The molecule has 2 aromatic rings. The van der Waals surface area contributed by atoms with Crippen LogP contribution in [0.4, 0.5) is 23.7 Å². The summed E-state index contributed by atoms with van der Waals surface area (Å²) in [5.41, 5.74) is 3.68. The third-order valence-electron chi connectivity index (χ3n) is 5.83. The van der Waals surface area contributed by atoms with Gasteiger partial charge in [-0.15, -0.1) is 0 Å². The maximum Gasteiger partial charge on any atom is 0.416 e. The first-order valence-corrected chi connectivity index (χ1v) is 9.95. The molecule has 33 heavy (non-hydrogen) atoms. The highest BCUT2D eigenvalue weighted by Crippen LogP contribution is 2.45. The molecule has 0 fully saturated rings. The zero-order valence-corrected chi connectivity index (χ0v) is 17.4. The van der Waals surface area contributed by atoms with Crippen molar-refractivity contribution in [2.45, 2.75) is 25.1 Å². The van der Waals surface area contributed by atoms with Gasteiger partial charge >= 0.3 is 18.1 Å². The zero-order valence-electron chi connectivity index (χ0n) is 17.4. The van der Waals surface area contributed by atoms with Gasteiger partial charge in [0, 0.05) is 24.7 Å². The van der Waals surface area contributed by atoms with E-state index >= 15 is 0 Å². The molecule has 3 N–H and O–H groups in total.